The smallest absolute Gasteiger partial charge is 0.328 e. The van der Waals surface area contributed by atoms with E-state index in [1.807, 2.05) is 54.6 Å². The normalized spacial score (nSPS) is 11.2. The Morgan fingerprint density at radius 1 is 0.788 bits per heavy atom. The van der Waals surface area contributed by atoms with Crippen molar-refractivity contribution in [1.82, 2.24) is 5.32 Å². The molecule has 0 spiro atoms. The molecule has 7 heteroatoms. The summed E-state index contributed by atoms with van der Waals surface area (Å²) in [6.07, 6.45) is 0.245. The summed E-state index contributed by atoms with van der Waals surface area (Å²) in [5, 5.41) is 2.74. The van der Waals surface area contributed by atoms with Crippen LogP contribution in [0.5, 0.6) is 17.2 Å². The number of ether oxygens (including phenoxy) is 4. The Morgan fingerprint density at radius 3 is 2.00 bits per heavy atom. The van der Waals surface area contributed by atoms with Gasteiger partial charge in [-0.1, -0.05) is 48.5 Å². The van der Waals surface area contributed by atoms with Gasteiger partial charge in [0.2, 0.25) is 0 Å². The molecular weight excluding hydrogens is 422 g/mol. The van der Waals surface area contributed by atoms with E-state index < -0.39 is 17.9 Å². The first kappa shape index (κ1) is 23.7. The fraction of sp³-hybridized carbons (Fsp3) is 0.231. The van der Waals surface area contributed by atoms with E-state index in [1.54, 1.807) is 18.2 Å². The maximum absolute atomic E-state index is 13.0. The highest BCUT2D eigenvalue weighted by Gasteiger charge is 2.26. The molecule has 1 N–H and O–H groups in total. The minimum atomic E-state index is -0.895. The number of hydrogen-bond acceptors (Lipinski definition) is 6. The van der Waals surface area contributed by atoms with Crippen molar-refractivity contribution in [2.75, 3.05) is 21.3 Å². The lowest BCUT2D eigenvalue weighted by Gasteiger charge is -2.19. The first-order valence-electron chi connectivity index (χ1n) is 10.4. The Labute approximate surface area is 193 Å². The summed E-state index contributed by atoms with van der Waals surface area (Å²) in [6.45, 7) is 0.460. The summed E-state index contributed by atoms with van der Waals surface area (Å²) in [6, 6.07) is 21.4. The van der Waals surface area contributed by atoms with Crippen molar-refractivity contribution >= 4 is 11.9 Å². The second kappa shape index (κ2) is 11.6. The van der Waals surface area contributed by atoms with Crippen molar-refractivity contribution in [3.63, 3.8) is 0 Å². The number of hydrogen-bond donors (Lipinski definition) is 1. The van der Waals surface area contributed by atoms with Crippen LogP contribution >= 0.6 is 0 Å². The fourth-order valence-corrected chi connectivity index (χ4v) is 3.34. The Bertz CT molecular complexity index is 1040. The van der Waals surface area contributed by atoms with E-state index in [-0.39, 0.29) is 12.0 Å². The van der Waals surface area contributed by atoms with Gasteiger partial charge in [0.15, 0.2) is 0 Å². The van der Waals surface area contributed by atoms with Crippen LogP contribution in [0.25, 0.3) is 0 Å². The van der Waals surface area contributed by atoms with Gasteiger partial charge >= 0.3 is 5.97 Å². The summed E-state index contributed by atoms with van der Waals surface area (Å²) < 4.78 is 21.3. The van der Waals surface area contributed by atoms with Crippen LogP contribution in [0.1, 0.15) is 21.5 Å². The van der Waals surface area contributed by atoms with E-state index in [2.05, 4.69) is 5.32 Å². The minimum absolute atomic E-state index is 0.209. The molecular formula is C26H27NO6. The van der Waals surface area contributed by atoms with Crippen LogP contribution in [-0.2, 0) is 22.6 Å². The maximum atomic E-state index is 13.0. The molecule has 0 saturated carbocycles. The summed E-state index contributed by atoms with van der Waals surface area (Å²) in [5.74, 6) is 0.343. The van der Waals surface area contributed by atoms with Gasteiger partial charge in [-0.05, 0) is 35.4 Å². The van der Waals surface area contributed by atoms with Crippen LogP contribution in [0.15, 0.2) is 72.8 Å². The first-order chi connectivity index (χ1) is 16.0. The van der Waals surface area contributed by atoms with E-state index in [4.69, 9.17) is 18.9 Å². The van der Waals surface area contributed by atoms with Crippen molar-refractivity contribution in [3.8, 4) is 17.2 Å². The van der Waals surface area contributed by atoms with Crippen LogP contribution in [0.4, 0.5) is 0 Å². The average Bonchev–Trinajstić information content (AvgIpc) is 2.87. The van der Waals surface area contributed by atoms with E-state index in [0.717, 1.165) is 11.1 Å². The molecule has 0 unspecified atom stereocenters. The zero-order valence-electron chi connectivity index (χ0n) is 18.9. The lowest BCUT2D eigenvalue weighted by atomic mass is 10.0. The molecule has 0 saturated heterocycles. The number of methoxy groups -OCH3 is 3. The summed E-state index contributed by atoms with van der Waals surface area (Å²) in [4.78, 5) is 25.4. The standard InChI is InChI=1S/C26H27NO6/c1-30-22-10-7-11-23(31-2)24(22)25(28)27-21(26(29)32-3)16-18-12-14-20(15-13-18)33-17-19-8-5-4-6-9-19/h4-15,21H,16-17H2,1-3H3,(H,27,28)/t21-/m0/s1. The number of carbonyl (C=O) groups is 2. The van der Waals surface area contributed by atoms with E-state index in [1.165, 1.54) is 21.3 Å². The molecule has 0 aromatic heterocycles. The Morgan fingerprint density at radius 2 is 1.42 bits per heavy atom. The van der Waals surface area contributed by atoms with Gasteiger partial charge in [0.1, 0.15) is 35.5 Å². The third-order valence-corrected chi connectivity index (χ3v) is 5.06. The first-order valence-corrected chi connectivity index (χ1v) is 10.4. The quantitative estimate of drug-likeness (QED) is 0.474. The van der Waals surface area contributed by atoms with Gasteiger partial charge in [-0.2, -0.15) is 0 Å². The second-order valence-corrected chi connectivity index (χ2v) is 7.21. The minimum Gasteiger partial charge on any atom is -0.496 e. The third-order valence-electron chi connectivity index (χ3n) is 5.06. The number of carbonyl (C=O) groups excluding carboxylic acids is 2. The maximum Gasteiger partial charge on any atom is 0.328 e. The number of amides is 1. The Balaban J connectivity index is 1.70. The van der Waals surface area contributed by atoms with E-state index >= 15 is 0 Å². The molecule has 3 aromatic carbocycles. The monoisotopic (exact) mass is 449 g/mol. The lowest BCUT2D eigenvalue weighted by Crippen LogP contribution is -2.43. The molecule has 0 bridgehead atoms. The zero-order valence-corrected chi connectivity index (χ0v) is 18.9. The number of benzene rings is 3. The lowest BCUT2D eigenvalue weighted by molar-refractivity contribution is -0.142. The molecule has 0 aliphatic carbocycles. The molecule has 1 amide bonds. The SMILES string of the molecule is COC(=O)[C@H](Cc1ccc(OCc2ccccc2)cc1)NC(=O)c1c(OC)cccc1OC. The Hall–Kier alpha value is -4.00. The molecule has 0 fully saturated rings. The third kappa shape index (κ3) is 6.26. The topological polar surface area (TPSA) is 83.1 Å². The fourth-order valence-electron chi connectivity index (χ4n) is 3.34. The van der Waals surface area contributed by atoms with Crippen molar-refractivity contribution < 1.29 is 28.5 Å². The highest BCUT2D eigenvalue weighted by Crippen LogP contribution is 2.28. The number of nitrogens with one attached hydrogen (secondary N) is 1. The molecule has 172 valence electrons. The van der Waals surface area contributed by atoms with Crippen molar-refractivity contribution in [2.24, 2.45) is 0 Å². The molecule has 0 heterocycles. The number of esters is 1. The highest BCUT2D eigenvalue weighted by molar-refractivity contribution is 6.01. The molecule has 3 rings (SSSR count). The molecule has 7 nitrogen and oxygen atoms in total. The van der Waals surface area contributed by atoms with Gasteiger partial charge in [-0.3, -0.25) is 4.79 Å². The van der Waals surface area contributed by atoms with Crippen LogP contribution < -0.4 is 19.5 Å². The number of rotatable bonds is 10. The second-order valence-electron chi connectivity index (χ2n) is 7.21. The van der Waals surface area contributed by atoms with Crippen molar-refractivity contribution in [1.29, 1.82) is 0 Å². The van der Waals surface area contributed by atoms with Crippen LogP contribution in [-0.4, -0.2) is 39.2 Å². The van der Waals surface area contributed by atoms with Gasteiger partial charge < -0.3 is 24.3 Å². The van der Waals surface area contributed by atoms with Gasteiger partial charge in [0, 0.05) is 6.42 Å². The van der Waals surface area contributed by atoms with Gasteiger partial charge in [-0.25, -0.2) is 4.79 Å². The molecule has 33 heavy (non-hydrogen) atoms. The van der Waals surface area contributed by atoms with Crippen molar-refractivity contribution in [2.45, 2.75) is 19.1 Å². The molecule has 0 radical (unpaired) electrons. The molecule has 1 atom stereocenters. The van der Waals surface area contributed by atoms with Crippen LogP contribution in [0.2, 0.25) is 0 Å². The van der Waals surface area contributed by atoms with Gasteiger partial charge in [-0.15, -0.1) is 0 Å². The molecule has 0 aliphatic rings. The summed E-state index contributed by atoms with van der Waals surface area (Å²) in [7, 11) is 4.21. The zero-order chi connectivity index (χ0) is 23.6. The van der Waals surface area contributed by atoms with Gasteiger partial charge in [0.25, 0.3) is 5.91 Å². The average molecular weight is 450 g/mol. The van der Waals surface area contributed by atoms with E-state index in [0.29, 0.717) is 23.9 Å². The van der Waals surface area contributed by atoms with Crippen LogP contribution in [0, 0.1) is 0 Å². The highest BCUT2D eigenvalue weighted by atomic mass is 16.5. The summed E-state index contributed by atoms with van der Waals surface area (Å²) >= 11 is 0. The largest absolute Gasteiger partial charge is 0.496 e. The molecule has 3 aromatic rings. The van der Waals surface area contributed by atoms with Crippen LogP contribution in [0.3, 0.4) is 0 Å². The Kier molecular flexibility index (Phi) is 8.30. The van der Waals surface area contributed by atoms with Gasteiger partial charge in [0.05, 0.1) is 21.3 Å². The van der Waals surface area contributed by atoms with E-state index in [9.17, 15) is 9.59 Å². The molecule has 0 aliphatic heterocycles. The summed E-state index contributed by atoms with van der Waals surface area (Å²) in [5.41, 5.74) is 2.12. The predicted molar refractivity (Wildman–Crippen MR) is 124 cm³/mol. The predicted octanol–water partition coefficient (Wildman–Crippen LogP) is 3.80. The van der Waals surface area contributed by atoms with Crippen molar-refractivity contribution in [3.05, 3.63) is 89.5 Å².